The van der Waals surface area contributed by atoms with Crippen LogP contribution in [0.4, 0.5) is 0 Å². The third-order valence-corrected chi connectivity index (χ3v) is 1.81. The van der Waals surface area contributed by atoms with E-state index in [-0.39, 0.29) is 5.56 Å². The van der Waals surface area contributed by atoms with Crippen molar-refractivity contribution < 1.29 is 9.90 Å². The van der Waals surface area contributed by atoms with Crippen molar-refractivity contribution in [2.24, 2.45) is 0 Å². The molecule has 0 aliphatic heterocycles. The smallest absolute Gasteiger partial charge is 0.242 e. The number of rotatable bonds is 2. The minimum atomic E-state index is -1.12. The Morgan fingerprint density at radius 1 is 1.17 bits per heavy atom. The molecule has 0 spiro atoms. The molecule has 2 nitrogen and oxygen atoms in total. The minimum absolute atomic E-state index is 0.236. The zero-order valence-electron chi connectivity index (χ0n) is 7.20. The molecule has 0 aliphatic carbocycles. The lowest BCUT2D eigenvalue weighted by Crippen LogP contribution is -1.94. The van der Waals surface area contributed by atoms with Crippen molar-refractivity contribution in [1.82, 2.24) is 0 Å². The van der Waals surface area contributed by atoms with E-state index >= 15 is 0 Å². The maximum Gasteiger partial charge on any atom is 0.386 e. The third kappa shape index (κ3) is 1.84. The summed E-state index contributed by atoms with van der Waals surface area (Å²) in [6.07, 6.45) is 0. The molecule has 0 atom stereocenters. The molecule has 0 bridgehead atoms. The second-order valence-electron chi connectivity index (χ2n) is 3.06. The fraction of sp³-hybridized carbons (Fsp3) is 0.300. The summed E-state index contributed by atoms with van der Waals surface area (Å²) in [7, 11) is 0. The molecule has 0 heterocycles. The maximum atomic E-state index is 10.4. The van der Waals surface area contributed by atoms with E-state index in [4.69, 9.17) is 0 Å². The van der Waals surface area contributed by atoms with Gasteiger partial charge in [0.15, 0.2) is 0 Å². The first kappa shape index (κ1) is 8.78. The molecule has 1 rings (SSSR count). The Morgan fingerprint density at radius 3 is 2.00 bits per heavy atom. The van der Waals surface area contributed by atoms with Gasteiger partial charge in [-0.15, -0.1) is 0 Å². The van der Waals surface area contributed by atoms with E-state index in [2.05, 4.69) is 13.8 Å². The second-order valence-corrected chi connectivity index (χ2v) is 3.06. The summed E-state index contributed by atoms with van der Waals surface area (Å²) in [6, 6.07) is 6.78. The zero-order chi connectivity index (χ0) is 9.14. The van der Waals surface area contributed by atoms with E-state index in [9.17, 15) is 9.90 Å². The Hall–Kier alpha value is -1.31. The van der Waals surface area contributed by atoms with E-state index in [1.54, 1.807) is 12.1 Å². The largest absolute Gasteiger partial charge is 0.386 e. The Morgan fingerprint density at radius 2 is 1.67 bits per heavy atom. The molecule has 0 saturated carbocycles. The van der Waals surface area contributed by atoms with Crippen molar-refractivity contribution in [2.75, 3.05) is 0 Å². The molecule has 1 radical (unpaired) electrons. The highest BCUT2D eigenvalue weighted by Crippen LogP contribution is 2.14. The molecule has 1 aromatic rings. The number of hydrogen-bond acceptors (Lipinski definition) is 1. The van der Waals surface area contributed by atoms with Crippen LogP contribution in [0.15, 0.2) is 24.3 Å². The first-order valence-electron chi connectivity index (χ1n) is 3.92. The topological polar surface area (TPSA) is 37.0 Å². The molecule has 0 amide bonds. The lowest BCUT2D eigenvalue weighted by molar-refractivity contribution is 0.0573. The molecule has 0 saturated heterocycles. The highest BCUT2D eigenvalue weighted by Gasteiger charge is 2.04. The third-order valence-electron chi connectivity index (χ3n) is 1.81. The van der Waals surface area contributed by atoms with E-state index in [1.165, 1.54) is 0 Å². The van der Waals surface area contributed by atoms with Gasteiger partial charge in [0, 0.05) is 0 Å². The number of carbonyl (C=O) groups is 1. The Balaban J connectivity index is 2.93. The van der Waals surface area contributed by atoms with E-state index in [1.807, 2.05) is 12.1 Å². The predicted octanol–water partition coefficient (Wildman–Crippen LogP) is 2.38. The van der Waals surface area contributed by atoms with Crippen molar-refractivity contribution in [1.29, 1.82) is 0 Å². The summed E-state index contributed by atoms with van der Waals surface area (Å²) >= 11 is 0. The van der Waals surface area contributed by atoms with Crippen LogP contribution in [0.3, 0.4) is 0 Å². The Labute approximate surface area is 71.8 Å². The quantitative estimate of drug-likeness (QED) is 0.659. The molecule has 0 aromatic heterocycles. The average Bonchev–Trinajstić information content (AvgIpc) is 2.04. The predicted molar refractivity (Wildman–Crippen MR) is 45.5 cm³/mol. The molecule has 63 valence electrons. The van der Waals surface area contributed by atoms with Gasteiger partial charge in [-0.05, 0) is 23.6 Å². The van der Waals surface area contributed by atoms with Crippen molar-refractivity contribution in [3.63, 3.8) is 0 Å². The monoisotopic (exact) mass is 163 g/mol. The van der Waals surface area contributed by atoms with Crippen LogP contribution >= 0.6 is 0 Å². The van der Waals surface area contributed by atoms with Gasteiger partial charge in [-0.2, -0.15) is 0 Å². The lowest BCUT2D eigenvalue weighted by Gasteiger charge is -2.03. The Kier molecular flexibility index (Phi) is 2.48. The highest BCUT2D eigenvalue weighted by atomic mass is 16.4. The van der Waals surface area contributed by atoms with Crippen molar-refractivity contribution in [2.45, 2.75) is 19.8 Å². The molecule has 0 fully saturated rings. The van der Waals surface area contributed by atoms with E-state index in [0.717, 1.165) is 5.56 Å². The SMILES string of the molecule is CC(C)c1ccc(C([O])=O)cc1. The number of hydrogen-bond donors (Lipinski definition) is 0. The van der Waals surface area contributed by atoms with Crippen molar-refractivity contribution >= 4 is 5.97 Å². The summed E-state index contributed by atoms with van der Waals surface area (Å²) in [5, 5.41) is 10.4. The molecule has 2 heteroatoms. The van der Waals surface area contributed by atoms with Crippen LogP contribution < -0.4 is 0 Å². The first-order chi connectivity index (χ1) is 5.61. The molecule has 1 aromatic carbocycles. The molecular formula is C10H11O2. The maximum absolute atomic E-state index is 10.4. The van der Waals surface area contributed by atoms with Crippen LogP contribution in [0.1, 0.15) is 35.7 Å². The molecular weight excluding hydrogens is 152 g/mol. The standard InChI is InChI=1S/C10H11O2/c1-7(2)8-3-5-9(6-4-8)10(11)12/h3-7H,1-2H3. The average molecular weight is 163 g/mol. The van der Waals surface area contributed by atoms with Crippen LogP contribution in [0.2, 0.25) is 0 Å². The van der Waals surface area contributed by atoms with Crippen molar-refractivity contribution in [3.8, 4) is 0 Å². The summed E-state index contributed by atoms with van der Waals surface area (Å²) in [5.41, 5.74) is 1.37. The van der Waals surface area contributed by atoms with Gasteiger partial charge in [-0.3, -0.25) is 0 Å². The van der Waals surface area contributed by atoms with Crippen LogP contribution in [0.5, 0.6) is 0 Å². The Bertz CT molecular complexity index is 272. The van der Waals surface area contributed by atoms with Crippen molar-refractivity contribution in [3.05, 3.63) is 35.4 Å². The van der Waals surface area contributed by atoms with E-state index < -0.39 is 5.97 Å². The van der Waals surface area contributed by atoms with Gasteiger partial charge in [0.05, 0.1) is 5.56 Å². The molecule has 0 N–H and O–H groups in total. The van der Waals surface area contributed by atoms with Crippen LogP contribution in [-0.4, -0.2) is 5.97 Å². The van der Waals surface area contributed by atoms with Gasteiger partial charge in [0.1, 0.15) is 0 Å². The van der Waals surface area contributed by atoms with Crippen LogP contribution in [-0.2, 0) is 5.11 Å². The molecule has 12 heavy (non-hydrogen) atoms. The summed E-state index contributed by atoms with van der Waals surface area (Å²) in [6.45, 7) is 4.13. The molecule has 0 unspecified atom stereocenters. The highest BCUT2D eigenvalue weighted by molar-refractivity contribution is 5.87. The van der Waals surface area contributed by atoms with Gasteiger partial charge in [-0.1, -0.05) is 26.0 Å². The van der Waals surface area contributed by atoms with Gasteiger partial charge in [-0.25, -0.2) is 9.90 Å². The second kappa shape index (κ2) is 3.39. The normalized spacial score (nSPS) is 10.2. The van der Waals surface area contributed by atoms with Crippen LogP contribution in [0, 0.1) is 0 Å². The number of carbonyl (C=O) groups excluding carboxylic acids is 1. The fourth-order valence-corrected chi connectivity index (χ4v) is 1.00. The summed E-state index contributed by atoms with van der Waals surface area (Å²) in [5.74, 6) is -0.689. The van der Waals surface area contributed by atoms with Gasteiger partial charge in [0.25, 0.3) is 0 Å². The van der Waals surface area contributed by atoms with Gasteiger partial charge >= 0.3 is 5.97 Å². The molecule has 0 aliphatic rings. The first-order valence-corrected chi connectivity index (χ1v) is 3.92. The van der Waals surface area contributed by atoms with Gasteiger partial charge in [0.2, 0.25) is 0 Å². The summed E-state index contributed by atoms with van der Waals surface area (Å²) < 4.78 is 0. The fourth-order valence-electron chi connectivity index (χ4n) is 1.00. The van der Waals surface area contributed by atoms with Crippen LogP contribution in [0.25, 0.3) is 0 Å². The van der Waals surface area contributed by atoms with E-state index in [0.29, 0.717) is 5.92 Å². The minimum Gasteiger partial charge on any atom is -0.242 e. The zero-order valence-corrected chi connectivity index (χ0v) is 7.20. The summed E-state index contributed by atoms with van der Waals surface area (Å²) in [4.78, 5) is 10.4. The van der Waals surface area contributed by atoms with Gasteiger partial charge < -0.3 is 0 Å². The lowest BCUT2D eigenvalue weighted by atomic mass is 10.0. The number of benzene rings is 1.